The van der Waals surface area contributed by atoms with Gasteiger partial charge in [0.1, 0.15) is 17.5 Å². The van der Waals surface area contributed by atoms with Crippen molar-refractivity contribution < 1.29 is 19.4 Å². The number of ether oxygens (including phenoxy) is 1. The highest BCUT2D eigenvalue weighted by atomic mass is 16.5. The molecule has 0 aromatic heterocycles. The number of carbonyl (C=O) groups is 2. The second-order valence-electron chi connectivity index (χ2n) is 7.49. The van der Waals surface area contributed by atoms with Gasteiger partial charge in [-0.15, -0.1) is 0 Å². The van der Waals surface area contributed by atoms with Gasteiger partial charge in [-0.25, -0.2) is 0 Å². The number of hydrogen-bond donors (Lipinski definition) is 1. The molecule has 0 bridgehead atoms. The highest BCUT2D eigenvalue weighted by molar-refractivity contribution is 5.87. The standard InChI is InChI=1S/C19H26N2O4/c1-19(2)13-21(11-14-7-3-4-9-16(14)25-19)17(23)12-20-10-6-5-8-15(22)18(20)24/h3-4,7,9,15,22H,5-6,8,10-13H2,1-2H3. The van der Waals surface area contributed by atoms with Gasteiger partial charge in [-0.2, -0.15) is 0 Å². The number of carbonyl (C=O) groups excluding carboxylic acids is 2. The van der Waals surface area contributed by atoms with Crippen LogP contribution in [0.1, 0.15) is 38.7 Å². The first kappa shape index (κ1) is 17.7. The Labute approximate surface area is 148 Å². The molecule has 1 atom stereocenters. The molecule has 1 N–H and O–H groups in total. The predicted octanol–water partition coefficient (Wildman–Crippen LogP) is 1.56. The Balaban J connectivity index is 1.76. The molecule has 2 aliphatic heterocycles. The number of hydrogen-bond acceptors (Lipinski definition) is 4. The Morgan fingerprint density at radius 3 is 2.88 bits per heavy atom. The lowest BCUT2D eigenvalue weighted by molar-refractivity contribution is -0.146. The minimum Gasteiger partial charge on any atom is -0.486 e. The normalized spacial score (nSPS) is 23.3. The van der Waals surface area contributed by atoms with Crippen LogP contribution in [0.4, 0.5) is 0 Å². The van der Waals surface area contributed by atoms with Crippen molar-refractivity contribution in [3.05, 3.63) is 29.8 Å². The Morgan fingerprint density at radius 2 is 2.08 bits per heavy atom. The van der Waals surface area contributed by atoms with E-state index in [-0.39, 0.29) is 18.4 Å². The molecule has 2 heterocycles. The molecule has 136 valence electrons. The Hall–Kier alpha value is -2.08. The Bertz CT molecular complexity index is 659. The molecule has 0 saturated carbocycles. The fourth-order valence-corrected chi connectivity index (χ4v) is 3.47. The Kier molecular flexibility index (Phi) is 4.99. The maximum absolute atomic E-state index is 12.9. The second-order valence-corrected chi connectivity index (χ2v) is 7.49. The van der Waals surface area contributed by atoms with E-state index in [0.717, 1.165) is 24.2 Å². The summed E-state index contributed by atoms with van der Waals surface area (Å²) in [5.41, 5.74) is 0.452. The molecule has 2 amide bonds. The maximum atomic E-state index is 12.9. The van der Waals surface area contributed by atoms with Crippen LogP contribution >= 0.6 is 0 Å². The molecule has 6 heteroatoms. The van der Waals surface area contributed by atoms with Gasteiger partial charge in [-0.3, -0.25) is 9.59 Å². The van der Waals surface area contributed by atoms with E-state index in [4.69, 9.17) is 4.74 Å². The van der Waals surface area contributed by atoms with E-state index >= 15 is 0 Å². The minimum absolute atomic E-state index is 0.00808. The van der Waals surface area contributed by atoms with Gasteiger partial charge < -0.3 is 19.6 Å². The number of fused-ring (bicyclic) bond motifs is 1. The number of amides is 2. The molecular weight excluding hydrogens is 320 g/mol. The average molecular weight is 346 g/mol. The molecule has 1 unspecified atom stereocenters. The molecule has 25 heavy (non-hydrogen) atoms. The number of aliphatic hydroxyl groups excluding tert-OH is 1. The van der Waals surface area contributed by atoms with Gasteiger partial charge in [0.15, 0.2) is 0 Å². The maximum Gasteiger partial charge on any atom is 0.251 e. The van der Waals surface area contributed by atoms with Gasteiger partial charge in [0.25, 0.3) is 5.91 Å². The third-order valence-electron chi connectivity index (χ3n) is 4.72. The summed E-state index contributed by atoms with van der Waals surface area (Å²) in [5, 5.41) is 9.87. The van der Waals surface area contributed by atoms with Gasteiger partial charge in [-0.05, 0) is 39.2 Å². The summed E-state index contributed by atoms with van der Waals surface area (Å²) < 4.78 is 6.06. The highest BCUT2D eigenvalue weighted by Crippen LogP contribution is 2.29. The highest BCUT2D eigenvalue weighted by Gasteiger charge is 2.33. The zero-order valence-electron chi connectivity index (χ0n) is 14.9. The first-order valence-electron chi connectivity index (χ1n) is 8.87. The van der Waals surface area contributed by atoms with Crippen molar-refractivity contribution in [2.24, 2.45) is 0 Å². The monoisotopic (exact) mass is 346 g/mol. The van der Waals surface area contributed by atoms with E-state index in [2.05, 4.69) is 0 Å². The van der Waals surface area contributed by atoms with Crippen molar-refractivity contribution in [1.82, 2.24) is 9.80 Å². The van der Waals surface area contributed by atoms with Crippen LogP contribution < -0.4 is 4.74 Å². The van der Waals surface area contributed by atoms with E-state index in [1.165, 1.54) is 4.90 Å². The van der Waals surface area contributed by atoms with E-state index in [1.54, 1.807) is 4.90 Å². The molecule has 6 nitrogen and oxygen atoms in total. The number of aliphatic hydroxyl groups is 1. The van der Waals surface area contributed by atoms with Crippen LogP contribution in [-0.2, 0) is 16.1 Å². The molecule has 2 aliphatic rings. The molecule has 1 aromatic carbocycles. The van der Waals surface area contributed by atoms with Crippen LogP contribution in [0.3, 0.4) is 0 Å². The van der Waals surface area contributed by atoms with Crippen LogP contribution in [0.15, 0.2) is 24.3 Å². The lowest BCUT2D eigenvalue weighted by atomic mass is 10.1. The van der Waals surface area contributed by atoms with E-state index < -0.39 is 11.7 Å². The third-order valence-corrected chi connectivity index (χ3v) is 4.72. The van der Waals surface area contributed by atoms with Crippen molar-refractivity contribution in [2.45, 2.75) is 51.4 Å². The third kappa shape index (κ3) is 4.12. The molecule has 0 aliphatic carbocycles. The number of para-hydroxylation sites is 1. The number of likely N-dealkylation sites (tertiary alicyclic amines) is 1. The van der Waals surface area contributed by atoms with Crippen molar-refractivity contribution in [2.75, 3.05) is 19.6 Å². The number of rotatable bonds is 2. The average Bonchev–Trinajstić information content (AvgIpc) is 2.80. The fourth-order valence-electron chi connectivity index (χ4n) is 3.47. The molecule has 1 saturated heterocycles. The van der Waals surface area contributed by atoms with Crippen LogP contribution in [0.25, 0.3) is 0 Å². The van der Waals surface area contributed by atoms with Gasteiger partial charge in [0.2, 0.25) is 5.91 Å². The van der Waals surface area contributed by atoms with Crippen molar-refractivity contribution in [3.8, 4) is 5.75 Å². The SMILES string of the molecule is CC1(C)CN(C(=O)CN2CCCCC(O)C2=O)Cc2ccccc2O1. The van der Waals surface area contributed by atoms with Crippen molar-refractivity contribution in [3.63, 3.8) is 0 Å². The first-order chi connectivity index (χ1) is 11.9. The zero-order valence-corrected chi connectivity index (χ0v) is 14.9. The van der Waals surface area contributed by atoms with Crippen molar-refractivity contribution >= 4 is 11.8 Å². The summed E-state index contributed by atoms with van der Waals surface area (Å²) in [6.45, 7) is 5.35. The van der Waals surface area contributed by atoms with E-state index in [0.29, 0.717) is 26.1 Å². The predicted molar refractivity (Wildman–Crippen MR) is 93.0 cm³/mol. The fraction of sp³-hybridized carbons (Fsp3) is 0.579. The smallest absolute Gasteiger partial charge is 0.251 e. The zero-order chi connectivity index (χ0) is 18.0. The Morgan fingerprint density at radius 1 is 1.32 bits per heavy atom. The second kappa shape index (κ2) is 7.04. The van der Waals surface area contributed by atoms with Crippen LogP contribution in [0, 0.1) is 0 Å². The summed E-state index contributed by atoms with van der Waals surface area (Å²) >= 11 is 0. The summed E-state index contributed by atoms with van der Waals surface area (Å²) in [5.74, 6) is 0.344. The van der Waals surface area contributed by atoms with E-state index in [1.807, 2.05) is 38.1 Å². The molecular formula is C19H26N2O4. The molecule has 1 aromatic rings. The van der Waals surface area contributed by atoms with Crippen molar-refractivity contribution in [1.29, 1.82) is 0 Å². The molecule has 0 radical (unpaired) electrons. The quantitative estimate of drug-likeness (QED) is 0.882. The minimum atomic E-state index is -0.986. The van der Waals surface area contributed by atoms with E-state index in [9.17, 15) is 14.7 Å². The summed E-state index contributed by atoms with van der Waals surface area (Å²) in [6, 6.07) is 7.72. The lowest BCUT2D eigenvalue weighted by Gasteiger charge is -2.31. The van der Waals surface area contributed by atoms with Crippen LogP contribution in [-0.4, -0.2) is 58.1 Å². The molecule has 3 rings (SSSR count). The van der Waals surface area contributed by atoms with Gasteiger partial charge in [0, 0.05) is 18.7 Å². The lowest BCUT2D eigenvalue weighted by Crippen LogP contribution is -2.49. The van der Waals surface area contributed by atoms with Crippen LogP contribution in [0.5, 0.6) is 5.75 Å². The topological polar surface area (TPSA) is 70.1 Å². The van der Waals surface area contributed by atoms with Crippen LogP contribution in [0.2, 0.25) is 0 Å². The number of benzene rings is 1. The van der Waals surface area contributed by atoms with Gasteiger partial charge in [0.05, 0.1) is 13.1 Å². The first-order valence-corrected chi connectivity index (χ1v) is 8.87. The summed E-state index contributed by atoms with van der Waals surface area (Å²) in [7, 11) is 0. The largest absolute Gasteiger partial charge is 0.486 e. The molecule has 1 fully saturated rings. The molecule has 0 spiro atoms. The van der Waals surface area contributed by atoms with Gasteiger partial charge in [-0.1, -0.05) is 18.2 Å². The van der Waals surface area contributed by atoms with Gasteiger partial charge >= 0.3 is 0 Å². The summed E-state index contributed by atoms with van der Waals surface area (Å²) in [4.78, 5) is 28.4. The number of nitrogens with zero attached hydrogens (tertiary/aromatic N) is 2. The summed E-state index contributed by atoms with van der Waals surface area (Å²) in [6.07, 6.45) is 1.10.